The summed E-state index contributed by atoms with van der Waals surface area (Å²) in [5.74, 6) is 1.51. The van der Waals surface area contributed by atoms with Gasteiger partial charge in [-0.3, -0.25) is 0 Å². The van der Waals surface area contributed by atoms with Crippen molar-refractivity contribution in [1.82, 2.24) is 4.98 Å². The fraction of sp³-hybridized carbons (Fsp3) is 0.214. The zero-order valence-corrected chi connectivity index (χ0v) is 12.2. The second kappa shape index (κ2) is 6.79. The number of hydrogen-bond donors (Lipinski definition) is 1. The molecule has 0 aliphatic carbocycles. The van der Waals surface area contributed by atoms with Crippen molar-refractivity contribution < 1.29 is 14.6 Å². The summed E-state index contributed by atoms with van der Waals surface area (Å²) in [6, 6.07) is 8.50. The molecule has 0 saturated carbocycles. The Morgan fingerprint density at radius 2 is 1.85 bits per heavy atom. The van der Waals surface area contributed by atoms with E-state index in [2.05, 4.69) is 4.98 Å². The first-order valence-electron chi connectivity index (χ1n) is 5.95. The Hall–Kier alpha value is -1.49. The third-order valence-corrected chi connectivity index (χ3v) is 2.88. The summed E-state index contributed by atoms with van der Waals surface area (Å²) < 4.78 is 11.0. The SMILES string of the molecule is CC(CO)Oc1ccc(Oc2ncc(Cl)cc2Cl)cc1. The van der Waals surface area contributed by atoms with Crippen molar-refractivity contribution in [3.8, 4) is 17.4 Å². The molecule has 1 unspecified atom stereocenters. The first-order valence-corrected chi connectivity index (χ1v) is 6.70. The van der Waals surface area contributed by atoms with Crippen LogP contribution in [0.4, 0.5) is 0 Å². The summed E-state index contributed by atoms with van der Waals surface area (Å²) in [6.45, 7) is 1.74. The maximum atomic E-state index is 8.92. The molecule has 0 saturated heterocycles. The van der Waals surface area contributed by atoms with E-state index < -0.39 is 0 Å². The molecule has 4 nitrogen and oxygen atoms in total. The second-order valence-electron chi connectivity index (χ2n) is 4.13. The van der Waals surface area contributed by atoms with Gasteiger partial charge in [-0.15, -0.1) is 0 Å². The fourth-order valence-corrected chi connectivity index (χ4v) is 1.86. The van der Waals surface area contributed by atoms with E-state index in [0.29, 0.717) is 21.5 Å². The van der Waals surface area contributed by atoms with Crippen molar-refractivity contribution in [2.24, 2.45) is 0 Å². The molecule has 0 radical (unpaired) electrons. The van der Waals surface area contributed by atoms with E-state index in [4.69, 9.17) is 37.8 Å². The fourth-order valence-electron chi connectivity index (χ4n) is 1.44. The second-order valence-corrected chi connectivity index (χ2v) is 4.97. The van der Waals surface area contributed by atoms with Gasteiger partial charge >= 0.3 is 0 Å². The van der Waals surface area contributed by atoms with Crippen LogP contribution in [0, 0.1) is 0 Å². The molecule has 20 heavy (non-hydrogen) atoms. The van der Waals surface area contributed by atoms with E-state index in [-0.39, 0.29) is 18.6 Å². The van der Waals surface area contributed by atoms with Gasteiger partial charge in [0.15, 0.2) is 0 Å². The van der Waals surface area contributed by atoms with Gasteiger partial charge in [0, 0.05) is 6.20 Å². The van der Waals surface area contributed by atoms with Crippen LogP contribution in [0.2, 0.25) is 10.0 Å². The van der Waals surface area contributed by atoms with Crippen molar-refractivity contribution >= 4 is 23.2 Å². The third-order valence-electron chi connectivity index (χ3n) is 2.41. The smallest absolute Gasteiger partial charge is 0.238 e. The molecule has 0 bridgehead atoms. The van der Waals surface area contributed by atoms with Crippen LogP contribution in [0.1, 0.15) is 6.92 Å². The molecule has 0 aliphatic heterocycles. The van der Waals surface area contributed by atoms with Crippen LogP contribution >= 0.6 is 23.2 Å². The van der Waals surface area contributed by atoms with Crippen molar-refractivity contribution in [3.63, 3.8) is 0 Å². The summed E-state index contributed by atoms with van der Waals surface area (Å²) in [7, 11) is 0. The predicted molar refractivity (Wildman–Crippen MR) is 77.9 cm³/mol. The molecule has 106 valence electrons. The topological polar surface area (TPSA) is 51.6 Å². The van der Waals surface area contributed by atoms with E-state index in [0.717, 1.165) is 0 Å². The molecule has 2 rings (SSSR count). The largest absolute Gasteiger partial charge is 0.488 e. The number of halogens is 2. The molecule has 1 heterocycles. The lowest BCUT2D eigenvalue weighted by atomic mass is 10.3. The Bertz CT molecular complexity index is 575. The molecular formula is C14H13Cl2NO3. The lowest BCUT2D eigenvalue weighted by Crippen LogP contribution is -2.15. The van der Waals surface area contributed by atoms with Gasteiger partial charge in [0.1, 0.15) is 22.6 Å². The van der Waals surface area contributed by atoms with Crippen molar-refractivity contribution in [3.05, 3.63) is 46.6 Å². The van der Waals surface area contributed by atoms with Crippen LogP contribution in [0.15, 0.2) is 36.5 Å². The highest BCUT2D eigenvalue weighted by Gasteiger charge is 2.07. The van der Waals surface area contributed by atoms with Crippen LogP contribution in [0.3, 0.4) is 0 Å². The first kappa shape index (κ1) is 14.9. The van der Waals surface area contributed by atoms with Gasteiger partial charge in [-0.25, -0.2) is 4.98 Å². The number of ether oxygens (including phenoxy) is 2. The van der Waals surface area contributed by atoms with E-state index in [1.54, 1.807) is 37.3 Å². The van der Waals surface area contributed by atoms with Crippen LogP contribution in [0.5, 0.6) is 17.4 Å². The normalized spacial score (nSPS) is 12.0. The van der Waals surface area contributed by atoms with Gasteiger partial charge in [0.25, 0.3) is 0 Å². The number of pyridine rings is 1. The number of aliphatic hydroxyl groups excluding tert-OH is 1. The predicted octanol–water partition coefficient (Wildman–Crippen LogP) is 3.94. The minimum Gasteiger partial charge on any atom is -0.488 e. The van der Waals surface area contributed by atoms with E-state index in [1.807, 2.05) is 0 Å². The Morgan fingerprint density at radius 3 is 2.45 bits per heavy atom. The monoisotopic (exact) mass is 313 g/mol. The summed E-state index contributed by atoms with van der Waals surface area (Å²) in [4.78, 5) is 4.01. The third kappa shape index (κ3) is 4.00. The van der Waals surface area contributed by atoms with Crippen LogP contribution < -0.4 is 9.47 Å². The zero-order chi connectivity index (χ0) is 14.5. The summed E-state index contributed by atoms with van der Waals surface area (Å²) in [5.41, 5.74) is 0. The Kier molecular flexibility index (Phi) is 5.06. The Balaban J connectivity index is 2.07. The molecule has 6 heteroatoms. The molecular weight excluding hydrogens is 301 g/mol. The highest BCUT2D eigenvalue weighted by molar-refractivity contribution is 6.35. The molecule has 1 N–H and O–H groups in total. The van der Waals surface area contributed by atoms with Crippen LogP contribution in [0.25, 0.3) is 0 Å². The summed E-state index contributed by atoms with van der Waals surface area (Å²) in [5, 5.41) is 9.70. The van der Waals surface area contributed by atoms with Crippen molar-refractivity contribution in [2.45, 2.75) is 13.0 Å². The molecule has 2 aromatic rings. The number of aromatic nitrogens is 1. The number of rotatable bonds is 5. The van der Waals surface area contributed by atoms with Crippen molar-refractivity contribution in [2.75, 3.05) is 6.61 Å². The van der Waals surface area contributed by atoms with E-state index in [1.165, 1.54) is 6.20 Å². The lowest BCUT2D eigenvalue weighted by Gasteiger charge is -2.12. The number of aliphatic hydroxyl groups is 1. The molecule has 0 spiro atoms. The molecule has 1 atom stereocenters. The molecule has 0 aliphatic rings. The van der Waals surface area contributed by atoms with E-state index in [9.17, 15) is 0 Å². The average molecular weight is 314 g/mol. The molecule has 1 aromatic carbocycles. The maximum Gasteiger partial charge on any atom is 0.238 e. The highest BCUT2D eigenvalue weighted by atomic mass is 35.5. The van der Waals surface area contributed by atoms with Gasteiger partial charge in [-0.1, -0.05) is 23.2 Å². The number of hydrogen-bond acceptors (Lipinski definition) is 4. The van der Waals surface area contributed by atoms with Gasteiger partial charge < -0.3 is 14.6 Å². The van der Waals surface area contributed by atoms with Gasteiger partial charge in [0.05, 0.1) is 11.6 Å². The first-order chi connectivity index (χ1) is 9.58. The minimum atomic E-state index is -0.255. The van der Waals surface area contributed by atoms with Crippen molar-refractivity contribution in [1.29, 1.82) is 0 Å². The quantitative estimate of drug-likeness (QED) is 0.908. The van der Waals surface area contributed by atoms with E-state index >= 15 is 0 Å². The number of nitrogens with zero attached hydrogens (tertiary/aromatic N) is 1. The Morgan fingerprint density at radius 1 is 1.20 bits per heavy atom. The molecule has 0 fully saturated rings. The van der Waals surface area contributed by atoms with Crippen LogP contribution in [-0.2, 0) is 0 Å². The standard InChI is InChI=1S/C14H13Cl2NO3/c1-9(8-18)19-11-2-4-12(5-3-11)20-14-13(16)6-10(15)7-17-14/h2-7,9,18H,8H2,1H3. The molecule has 1 aromatic heterocycles. The van der Waals surface area contributed by atoms with Gasteiger partial charge in [-0.05, 0) is 37.3 Å². The summed E-state index contributed by atoms with van der Waals surface area (Å²) >= 11 is 11.7. The van der Waals surface area contributed by atoms with Crippen LogP contribution in [-0.4, -0.2) is 22.8 Å². The summed E-state index contributed by atoms with van der Waals surface area (Å²) in [6.07, 6.45) is 1.21. The lowest BCUT2D eigenvalue weighted by molar-refractivity contribution is 0.129. The highest BCUT2D eigenvalue weighted by Crippen LogP contribution is 2.29. The minimum absolute atomic E-state index is 0.0391. The maximum absolute atomic E-state index is 8.92. The number of benzene rings is 1. The average Bonchev–Trinajstić information content (AvgIpc) is 2.44. The van der Waals surface area contributed by atoms with Gasteiger partial charge in [-0.2, -0.15) is 0 Å². The Labute approximate surface area is 126 Å². The zero-order valence-electron chi connectivity index (χ0n) is 10.7. The molecule has 0 amide bonds. The van der Waals surface area contributed by atoms with Gasteiger partial charge in [0.2, 0.25) is 5.88 Å².